The largest absolute Gasteiger partial charge is 0.463 e. The Hall–Kier alpha value is -2.03. The fourth-order valence-corrected chi connectivity index (χ4v) is 2.73. The van der Waals surface area contributed by atoms with Crippen molar-refractivity contribution in [1.29, 1.82) is 0 Å². The van der Waals surface area contributed by atoms with Crippen molar-refractivity contribution < 1.29 is 18.3 Å². The SMILES string of the molecule is CCCCOc1nc(N)c2nc(C(F)F)n(C3CCCCO3)c2n1. The number of nitrogens with zero attached hydrogens (tertiary/aromatic N) is 4. The van der Waals surface area contributed by atoms with Gasteiger partial charge in [0.05, 0.1) is 6.61 Å². The molecule has 0 spiro atoms. The Labute approximate surface area is 138 Å². The number of anilines is 1. The van der Waals surface area contributed by atoms with Gasteiger partial charge >= 0.3 is 6.01 Å². The quantitative estimate of drug-likeness (QED) is 0.812. The maximum atomic E-state index is 13.4. The van der Waals surface area contributed by atoms with Gasteiger partial charge in [-0.2, -0.15) is 9.97 Å². The molecule has 1 unspecified atom stereocenters. The number of ether oxygens (including phenoxy) is 2. The summed E-state index contributed by atoms with van der Waals surface area (Å²) in [5.41, 5.74) is 6.27. The lowest BCUT2D eigenvalue weighted by atomic mass is 10.2. The number of hydrogen-bond donors (Lipinski definition) is 1. The van der Waals surface area contributed by atoms with Gasteiger partial charge in [-0.3, -0.25) is 4.57 Å². The zero-order chi connectivity index (χ0) is 17.1. The van der Waals surface area contributed by atoms with E-state index in [4.69, 9.17) is 15.2 Å². The molecule has 0 radical (unpaired) electrons. The maximum absolute atomic E-state index is 13.4. The number of imidazole rings is 1. The number of fused-ring (bicyclic) bond motifs is 1. The van der Waals surface area contributed by atoms with Gasteiger partial charge in [-0.15, -0.1) is 0 Å². The summed E-state index contributed by atoms with van der Waals surface area (Å²) in [7, 11) is 0. The molecule has 0 amide bonds. The van der Waals surface area contributed by atoms with Crippen LogP contribution in [-0.4, -0.2) is 32.7 Å². The van der Waals surface area contributed by atoms with Gasteiger partial charge in [-0.05, 0) is 25.7 Å². The van der Waals surface area contributed by atoms with E-state index >= 15 is 0 Å². The van der Waals surface area contributed by atoms with Crippen molar-refractivity contribution >= 4 is 17.0 Å². The third kappa shape index (κ3) is 3.26. The van der Waals surface area contributed by atoms with Gasteiger partial charge in [0.25, 0.3) is 6.43 Å². The third-order valence-corrected chi connectivity index (χ3v) is 3.94. The molecule has 2 aromatic rings. The van der Waals surface area contributed by atoms with Crippen LogP contribution >= 0.6 is 0 Å². The van der Waals surface area contributed by atoms with Crippen LogP contribution in [-0.2, 0) is 4.74 Å². The Bertz CT molecular complexity index is 701. The normalized spacial score (nSPS) is 18.4. The standard InChI is InChI=1S/C15H21F2N5O2/c1-2-3-7-24-15-20-12(18)10-13(21-15)22(14(19-10)11(16)17)9-6-4-5-8-23-9/h9,11H,2-8H2,1H3,(H2,18,20,21). The van der Waals surface area contributed by atoms with Gasteiger partial charge in [0.1, 0.15) is 6.23 Å². The minimum Gasteiger partial charge on any atom is -0.463 e. The van der Waals surface area contributed by atoms with Gasteiger partial charge in [-0.1, -0.05) is 13.3 Å². The summed E-state index contributed by atoms with van der Waals surface area (Å²) in [6, 6.07) is 0.0752. The fraction of sp³-hybridized carbons (Fsp3) is 0.667. The number of alkyl halides is 2. The van der Waals surface area contributed by atoms with Crippen molar-refractivity contribution in [3.63, 3.8) is 0 Å². The zero-order valence-corrected chi connectivity index (χ0v) is 13.5. The zero-order valence-electron chi connectivity index (χ0n) is 13.5. The highest BCUT2D eigenvalue weighted by Gasteiger charge is 2.29. The molecule has 2 aromatic heterocycles. The highest BCUT2D eigenvalue weighted by Crippen LogP contribution is 2.33. The van der Waals surface area contributed by atoms with Gasteiger partial charge < -0.3 is 15.2 Å². The van der Waals surface area contributed by atoms with E-state index in [1.165, 1.54) is 4.57 Å². The highest BCUT2D eigenvalue weighted by atomic mass is 19.3. The Morgan fingerprint density at radius 2 is 2.17 bits per heavy atom. The average Bonchev–Trinajstić information content (AvgIpc) is 2.96. The van der Waals surface area contributed by atoms with Gasteiger partial charge in [0.2, 0.25) is 0 Å². The van der Waals surface area contributed by atoms with Crippen LogP contribution in [0.2, 0.25) is 0 Å². The Morgan fingerprint density at radius 1 is 1.33 bits per heavy atom. The van der Waals surface area contributed by atoms with E-state index < -0.39 is 18.5 Å². The minimum absolute atomic E-state index is 0.0305. The van der Waals surface area contributed by atoms with Crippen LogP contribution in [0.5, 0.6) is 6.01 Å². The topological polar surface area (TPSA) is 88.1 Å². The fourth-order valence-electron chi connectivity index (χ4n) is 2.73. The second-order valence-corrected chi connectivity index (χ2v) is 5.73. The first-order chi connectivity index (χ1) is 11.6. The molecular weight excluding hydrogens is 320 g/mol. The van der Waals surface area contributed by atoms with Crippen LogP contribution in [0.1, 0.15) is 57.5 Å². The number of nitrogens with two attached hydrogens (primary N) is 1. The Balaban J connectivity index is 2.05. The summed E-state index contributed by atoms with van der Waals surface area (Å²) in [4.78, 5) is 12.2. The molecule has 2 N–H and O–H groups in total. The average molecular weight is 341 g/mol. The highest BCUT2D eigenvalue weighted by molar-refractivity contribution is 5.82. The molecule has 7 nitrogen and oxygen atoms in total. The summed E-state index contributed by atoms with van der Waals surface area (Å²) in [5, 5.41) is 0. The molecular formula is C15H21F2N5O2. The van der Waals surface area contributed by atoms with E-state index in [0.29, 0.717) is 19.6 Å². The molecule has 1 saturated heterocycles. The lowest BCUT2D eigenvalue weighted by molar-refractivity contribution is -0.0363. The first kappa shape index (κ1) is 16.8. The van der Waals surface area contributed by atoms with Crippen molar-refractivity contribution in [3.05, 3.63) is 5.82 Å². The number of hydrogen-bond acceptors (Lipinski definition) is 6. The first-order valence-corrected chi connectivity index (χ1v) is 8.19. The van der Waals surface area contributed by atoms with Crippen LogP contribution in [0.15, 0.2) is 0 Å². The van der Waals surface area contributed by atoms with Crippen molar-refractivity contribution in [2.45, 2.75) is 51.7 Å². The molecule has 3 heterocycles. The molecule has 1 aliphatic heterocycles. The van der Waals surface area contributed by atoms with E-state index in [0.717, 1.165) is 25.7 Å². The summed E-state index contributed by atoms with van der Waals surface area (Å²) < 4.78 is 39.3. The molecule has 3 rings (SSSR count). The van der Waals surface area contributed by atoms with Gasteiger partial charge in [-0.25, -0.2) is 13.8 Å². The van der Waals surface area contributed by atoms with Crippen LogP contribution in [0.25, 0.3) is 11.2 Å². The van der Waals surface area contributed by atoms with E-state index in [2.05, 4.69) is 15.0 Å². The summed E-state index contributed by atoms with van der Waals surface area (Å²) in [6.07, 6.45) is 0.957. The molecule has 1 aliphatic rings. The number of rotatable bonds is 6. The second-order valence-electron chi connectivity index (χ2n) is 5.73. The summed E-state index contributed by atoms with van der Waals surface area (Å²) in [6.45, 7) is 3.00. The summed E-state index contributed by atoms with van der Waals surface area (Å²) >= 11 is 0. The number of halogens is 2. The molecule has 24 heavy (non-hydrogen) atoms. The van der Waals surface area contributed by atoms with Gasteiger partial charge in [0, 0.05) is 6.61 Å². The lowest BCUT2D eigenvalue weighted by Crippen LogP contribution is -2.20. The Kier molecular flexibility index (Phi) is 5.08. The van der Waals surface area contributed by atoms with Crippen molar-refractivity contribution in [1.82, 2.24) is 19.5 Å². The molecule has 0 saturated carbocycles. The molecule has 9 heteroatoms. The van der Waals surface area contributed by atoms with E-state index in [1.807, 2.05) is 6.92 Å². The first-order valence-electron chi connectivity index (χ1n) is 8.19. The predicted molar refractivity (Wildman–Crippen MR) is 83.9 cm³/mol. The monoisotopic (exact) mass is 341 g/mol. The molecule has 0 aromatic carbocycles. The van der Waals surface area contributed by atoms with Crippen LogP contribution in [0.4, 0.5) is 14.6 Å². The van der Waals surface area contributed by atoms with E-state index in [-0.39, 0.29) is 23.0 Å². The van der Waals surface area contributed by atoms with E-state index in [9.17, 15) is 8.78 Å². The molecule has 0 bridgehead atoms. The van der Waals surface area contributed by atoms with E-state index in [1.54, 1.807) is 0 Å². The maximum Gasteiger partial charge on any atom is 0.320 e. The van der Waals surface area contributed by atoms with Crippen LogP contribution in [0.3, 0.4) is 0 Å². The van der Waals surface area contributed by atoms with Crippen molar-refractivity contribution in [2.24, 2.45) is 0 Å². The third-order valence-electron chi connectivity index (χ3n) is 3.94. The molecule has 1 fully saturated rings. The minimum atomic E-state index is -2.76. The van der Waals surface area contributed by atoms with Gasteiger partial charge in [0.15, 0.2) is 22.8 Å². The number of nitrogen functional groups attached to an aromatic ring is 1. The number of unbranched alkanes of at least 4 members (excludes halogenated alkanes) is 1. The van der Waals surface area contributed by atoms with Crippen molar-refractivity contribution in [3.8, 4) is 6.01 Å². The molecule has 132 valence electrons. The molecule has 0 aliphatic carbocycles. The smallest absolute Gasteiger partial charge is 0.320 e. The lowest BCUT2D eigenvalue weighted by Gasteiger charge is -2.25. The number of aromatic nitrogens is 4. The van der Waals surface area contributed by atoms with Crippen LogP contribution < -0.4 is 10.5 Å². The Morgan fingerprint density at radius 3 is 2.83 bits per heavy atom. The summed E-state index contributed by atoms with van der Waals surface area (Å²) in [5.74, 6) is -0.369. The predicted octanol–water partition coefficient (Wildman–Crippen LogP) is 3.22. The van der Waals surface area contributed by atoms with Crippen LogP contribution in [0, 0.1) is 0 Å². The van der Waals surface area contributed by atoms with Crippen molar-refractivity contribution in [2.75, 3.05) is 18.9 Å². The second kappa shape index (κ2) is 7.25. The molecule has 1 atom stereocenters.